The van der Waals surface area contributed by atoms with E-state index >= 15 is 0 Å². The molecule has 0 bridgehead atoms. The van der Waals surface area contributed by atoms with E-state index in [0.29, 0.717) is 17.8 Å². The van der Waals surface area contributed by atoms with Crippen molar-refractivity contribution in [3.05, 3.63) is 29.8 Å². The van der Waals surface area contributed by atoms with Crippen molar-refractivity contribution >= 4 is 11.6 Å². The second kappa shape index (κ2) is 7.26. The maximum atomic E-state index is 11.9. The van der Waals surface area contributed by atoms with Crippen LogP contribution in [0.1, 0.15) is 16.8 Å². The van der Waals surface area contributed by atoms with Crippen molar-refractivity contribution in [2.75, 3.05) is 52.0 Å². The lowest BCUT2D eigenvalue weighted by molar-refractivity contribution is 0.0949. The Morgan fingerprint density at radius 1 is 1.30 bits per heavy atom. The van der Waals surface area contributed by atoms with Gasteiger partial charge in [0.25, 0.3) is 5.91 Å². The molecule has 5 nitrogen and oxygen atoms in total. The molecule has 5 heteroatoms. The van der Waals surface area contributed by atoms with Crippen LogP contribution >= 0.6 is 0 Å². The molecule has 110 valence electrons. The first-order chi connectivity index (χ1) is 9.65. The highest BCUT2D eigenvalue weighted by Crippen LogP contribution is 2.06. The fourth-order valence-corrected chi connectivity index (χ4v) is 2.36. The minimum atomic E-state index is -0.0457. The van der Waals surface area contributed by atoms with Crippen LogP contribution < -0.4 is 11.1 Å². The number of benzene rings is 1. The monoisotopic (exact) mass is 276 g/mol. The summed E-state index contributed by atoms with van der Waals surface area (Å²) >= 11 is 0. The van der Waals surface area contributed by atoms with Crippen LogP contribution in [-0.4, -0.2) is 62.0 Å². The third-order valence-electron chi connectivity index (χ3n) is 3.68. The fraction of sp³-hybridized carbons (Fsp3) is 0.533. The molecule has 0 spiro atoms. The molecule has 1 aliphatic rings. The average Bonchev–Trinajstić information content (AvgIpc) is 2.45. The summed E-state index contributed by atoms with van der Waals surface area (Å²) in [7, 11) is 2.16. The van der Waals surface area contributed by atoms with Gasteiger partial charge < -0.3 is 20.9 Å². The number of nitrogens with one attached hydrogen (secondary N) is 1. The smallest absolute Gasteiger partial charge is 0.251 e. The Morgan fingerprint density at radius 2 is 2.05 bits per heavy atom. The largest absolute Gasteiger partial charge is 0.399 e. The lowest BCUT2D eigenvalue weighted by Gasteiger charge is -2.32. The maximum absolute atomic E-state index is 11.9. The van der Waals surface area contributed by atoms with Gasteiger partial charge in [-0.25, -0.2) is 0 Å². The standard InChI is InChI=1S/C15H24N4O/c1-18-8-10-19(11-9-18)7-3-6-17-15(20)13-4-2-5-14(16)12-13/h2,4-5,12H,3,6-11,16H2,1H3,(H,17,20). The van der Waals surface area contributed by atoms with Gasteiger partial charge in [-0.3, -0.25) is 4.79 Å². The van der Waals surface area contributed by atoms with Crippen molar-refractivity contribution in [1.82, 2.24) is 15.1 Å². The van der Waals surface area contributed by atoms with Gasteiger partial charge >= 0.3 is 0 Å². The van der Waals surface area contributed by atoms with Gasteiger partial charge in [0.05, 0.1) is 0 Å². The van der Waals surface area contributed by atoms with E-state index in [-0.39, 0.29) is 5.91 Å². The first-order valence-electron chi connectivity index (χ1n) is 7.20. The Morgan fingerprint density at radius 3 is 2.75 bits per heavy atom. The van der Waals surface area contributed by atoms with Crippen LogP contribution in [0.25, 0.3) is 0 Å². The molecule has 2 rings (SSSR count). The van der Waals surface area contributed by atoms with Crippen molar-refractivity contribution in [1.29, 1.82) is 0 Å². The zero-order valence-corrected chi connectivity index (χ0v) is 12.1. The van der Waals surface area contributed by atoms with Gasteiger partial charge in [0.1, 0.15) is 0 Å². The number of hydrogen-bond donors (Lipinski definition) is 2. The van der Waals surface area contributed by atoms with E-state index in [4.69, 9.17) is 5.73 Å². The first-order valence-corrected chi connectivity index (χ1v) is 7.20. The van der Waals surface area contributed by atoms with Crippen molar-refractivity contribution in [2.24, 2.45) is 0 Å². The Hall–Kier alpha value is -1.59. The summed E-state index contributed by atoms with van der Waals surface area (Å²) < 4.78 is 0. The number of hydrogen-bond acceptors (Lipinski definition) is 4. The summed E-state index contributed by atoms with van der Waals surface area (Å²) in [5.41, 5.74) is 6.92. The normalized spacial score (nSPS) is 17.1. The highest BCUT2D eigenvalue weighted by molar-refractivity contribution is 5.94. The summed E-state index contributed by atoms with van der Waals surface area (Å²) in [5.74, 6) is -0.0457. The molecule has 0 saturated carbocycles. The molecule has 0 radical (unpaired) electrons. The van der Waals surface area contributed by atoms with Gasteiger partial charge in [-0.1, -0.05) is 6.07 Å². The molecule has 1 amide bonds. The first kappa shape index (κ1) is 14.8. The van der Waals surface area contributed by atoms with Crippen molar-refractivity contribution in [3.8, 4) is 0 Å². The molecular formula is C15H24N4O. The number of likely N-dealkylation sites (N-methyl/N-ethyl adjacent to an activating group) is 1. The quantitative estimate of drug-likeness (QED) is 0.612. The number of carbonyl (C=O) groups excluding carboxylic acids is 1. The minimum absolute atomic E-state index is 0.0457. The van der Waals surface area contributed by atoms with Crippen LogP contribution in [0.4, 0.5) is 5.69 Å². The molecule has 1 aliphatic heterocycles. The highest BCUT2D eigenvalue weighted by atomic mass is 16.1. The number of nitrogens with two attached hydrogens (primary N) is 1. The third kappa shape index (κ3) is 4.51. The van der Waals surface area contributed by atoms with Gasteiger partial charge in [-0.05, 0) is 38.2 Å². The molecule has 1 aromatic carbocycles. The summed E-state index contributed by atoms with van der Waals surface area (Å²) in [4.78, 5) is 16.7. The average molecular weight is 276 g/mol. The molecule has 0 aliphatic carbocycles. The van der Waals surface area contributed by atoms with Crippen LogP contribution in [0.5, 0.6) is 0 Å². The van der Waals surface area contributed by atoms with Gasteiger partial charge in [0, 0.05) is 44.0 Å². The third-order valence-corrected chi connectivity index (χ3v) is 3.68. The number of nitrogen functional groups attached to an aromatic ring is 1. The van der Waals surface area contributed by atoms with Gasteiger partial charge in [-0.2, -0.15) is 0 Å². The molecule has 1 aromatic rings. The number of rotatable bonds is 5. The molecule has 0 atom stereocenters. The van der Waals surface area contributed by atoms with Crippen LogP contribution in [0.3, 0.4) is 0 Å². The predicted molar refractivity (Wildman–Crippen MR) is 81.7 cm³/mol. The molecule has 0 aromatic heterocycles. The van der Waals surface area contributed by atoms with E-state index < -0.39 is 0 Å². The topological polar surface area (TPSA) is 61.6 Å². The Bertz CT molecular complexity index is 441. The van der Waals surface area contributed by atoms with Gasteiger partial charge in [-0.15, -0.1) is 0 Å². The zero-order chi connectivity index (χ0) is 14.4. The van der Waals surface area contributed by atoms with Crippen LogP contribution in [0, 0.1) is 0 Å². The summed E-state index contributed by atoms with van der Waals surface area (Å²) in [6.07, 6.45) is 0.984. The molecule has 1 fully saturated rings. The van der Waals surface area contributed by atoms with E-state index in [0.717, 1.165) is 39.1 Å². The maximum Gasteiger partial charge on any atom is 0.251 e. The SMILES string of the molecule is CN1CCN(CCCNC(=O)c2cccc(N)c2)CC1. The lowest BCUT2D eigenvalue weighted by atomic mass is 10.2. The van der Waals surface area contributed by atoms with E-state index in [9.17, 15) is 4.79 Å². The molecule has 1 heterocycles. The predicted octanol–water partition coefficient (Wildman–Crippen LogP) is 0.636. The fourth-order valence-electron chi connectivity index (χ4n) is 2.36. The number of nitrogens with zero attached hydrogens (tertiary/aromatic N) is 2. The summed E-state index contributed by atoms with van der Waals surface area (Å²) in [5, 5.41) is 2.94. The van der Waals surface area contributed by atoms with Crippen LogP contribution in [0.15, 0.2) is 24.3 Å². The second-order valence-electron chi connectivity index (χ2n) is 5.38. The zero-order valence-electron chi connectivity index (χ0n) is 12.1. The number of carbonyl (C=O) groups is 1. The molecular weight excluding hydrogens is 252 g/mol. The van der Waals surface area contributed by atoms with E-state index in [1.54, 1.807) is 24.3 Å². The van der Waals surface area contributed by atoms with Crippen LogP contribution in [-0.2, 0) is 0 Å². The molecule has 0 unspecified atom stereocenters. The van der Waals surface area contributed by atoms with Gasteiger partial charge in [0.2, 0.25) is 0 Å². The Labute approximate surface area is 120 Å². The molecule has 3 N–H and O–H groups in total. The van der Waals surface area contributed by atoms with E-state index in [2.05, 4.69) is 22.2 Å². The van der Waals surface area contributed by atoms with Gasteiger partial charge in [0.15, 0.2) is 0 Å². The van der Waals surface area contributed by atoms with Crippen LogP contribution in [0.2, 0.25) is 0 Å². The van der Waals surface area contributed by atoms with Crippen molar-refractivity contribution in [2.45, 2.75) is 6.42 Å². The lowest BCUT2D eigenvalue weighted by Crippen LogP contribution is -2.45. The van der Waals surface area contributed by atoms with Crippen molar-refractivity contribution < 1.29 is 4.79 Å². The Balaban J connectivity index is 1.64. The van der Waals surface area contributed by atoms with E-state index in [1.807, 2.05) is 0 Å². The summed E-state index contributed by atoms with van der Waals surface area (Å²) in [6.45, 7) is 6.27. The molecule has 20 heavy (non-hydrogen) atoms. The number of piperazine rings is 1. The minimum Gasteiger partial charge on any atom is -0.399 e. The number of anilines is 1. The second-order valence-corrected chi connectivity index (χ2v) is 5.38. The van der Waals surface area contributed by atoms with E-state index in [1.165, 1.54) is 0 Å². The van der Waals surface area contributed by atoms with Crippen molar-refractivity contribution in [3.63, 3.8) is 0 Å². The Kier molecular flexibility index (Phi) is 5.38. The highest BCUT2D eigenvalue weighted by Gasteiger charge is 2.13. The molecule has 1 saturated heterocycles. The summed E-state index contributed by atoms with van der Waals surface area (Å²) in [6, 6.07) is 7.07. The number of amides is 1.